The second kappa shape index (κ2) is 9.57. The number of aromatic nitrogens is 3. The lowest BCUT2D eigenvalue weighted by Gasteiger charge is -2.28. The lowest BCUT2D eigenvalue weighted by molar-refractivity contribution is 0.0577. The summed E-state index contributed by atoms with van der Waals surface area (Å²) in [5.41, 5.74) is 3.24. The summed E-state index contributed by atoms with van der Waals surface area (Å²) in [6.45, 7) is 10.4. The Morgan fingerprint density at radius 2 is 2.00 bits per heavy atom. The van der Waals surface area contributed by atoms with Gasteiger partial charge in [0, 0.05) is 25.8 Å². The molecule has 3 heterocycles. The highest BCUT2D eigenvalue weighted by molar-refractivity contribution is 5.87. The number of amides is 1. The molecule has 168 valence electrons. The zero-order valence-corrected chi connectivity index (χ0v) is 19.3. The molecule has 2 N–H and O–H groups in total. The molecule has 0 saturated carbocycles. The minimum Gasteiger partial charge on any atom is -0.443 e. The van der Waals surface area contributed by atoms with Gasteiger partial charge in [0.25, 0.3) is 0 Å². The van der Waals surface area contributed by atoms with Crippen molar-refractivity contribution in [2.75, 3.05) is 43.9 Å². The number of hydrogen-bond acceptors (Lipinski definition) is 8. The van der Waals surface area contributed by atoms with E-state index < -0.39 is 11.7 Å². The third-order valence-corrected chi connectivity index (χ3v) is 4.76. The first-order valence-corrected chi connectivity index (χ1v) is 10.6. The van der Waals surface area contributed by atoms with Crippen molar-refractivity contribution in [2.45, 2.75) is 46.3 Å². The van der Waals surface area contributed by atoms with Crippen molar-refractivity contribution in [2.24, 2.45) is 0 Å². The normalized spacial score (nSPS) is 13.6. The summed E-state index contributed by atoms with van der Waals surface area (Å²) in [6, 6.07) is 1.94. The zero-order valence-electron chi connectivity index (χ0n) is 19.3. The predicted molar refractivity (Wildman–Crippen MR) is 122 cm³/mol. The van der Waals surface area contributed by atoms with Crippen molar-refractivity contribution in [3.63, 3.8) is 0 Å². The van der Waals surface area contributed by atoms with Gasteiger partial charge in [-0.2, -0.15) is 0 Å². The van der Waals surface area contributed by atoms with E-state index in [0.29, 0.717) is 24.9 Å². The fourth-order valence-electron chi connectivity index (χ4n) is 3.24. The van der Waals surface area contributed by atoms with E-state index in [0.717, 1.165) is 36.5 Å². The quantitative estimate of drug-likeness (QED) is 0.727. The number of nitrogens with zero attached hydrogens (tertiary/aromatic N) is 5. The summed E-state index contributed by atoms with van der Waals surface area (Å²) in [7, 11) is 3.93. The number of pyridine rings is 1. The smallest absolute Gasteiger partial charge is 0.416 e. The summed E-state index contributed by atoms with van der Waals surface area (Å²) in [6.07, 6.45) is 4.11. The second-order valence-corrected chi connectivity index (χ2v) is 9.02. The topological polar surface area (TPSA) is 95.5 Å². The van der Waals surface area contributed by atoms with E-state index >= 15 is 0 Å². The molecule has 1 aliphatic heterocycles. The van der Waals surface area contributed by atoms with Gasteiger partial charge in [0.2, 0.25) is 5.95 Å². The number of rotatable bonds is 6. The van der Waals surface area contributed by atoms with E-state index in [4.69, 9.17) is 4.74 Å². The molecule has 0 aliphatic carbocycles. The lowest BCUT2D eigenvalue weighted by Crippen LogP contribution is -2.41. The molecule has 0 unspecified atom stereocenters. The van der Waals surface area contributed by atoms with Crippen LogP contribution in [0.15, 0.2) is 18.5 Å². The first-order valence-electron chi connectivity index (χ1n) is 10.6. The molecule has 0 bridgehead atoms. The van der Waals surface area contributed by atoms with Gasteiger partial charge in [-0.05, 0) is 71.9 Å². The molecule has 0 atom stereocenters. The molecule has 0 saturated heterocycles. The van der Waals surface area contributed by atoms with Gasteiger partial charge in [0.1, 0.15) is 11.4 Å². The SMILES string of the molecule is Cc1cc(Nc2ncc3c(n2)CNCC3)cnc1N(CCN(C)C)C(=O)OC(C)(C)C. The molecule has 3 rings (SSSR count). The van der Waals surface area contributed by atoms with E-state index in [-0.39, 0.29) is 0 Å². The van der Waals surface area contributed by atoms with E-state index in [9.17, 15) is 4.79 Å². The van der Waals surface area contributed by atoms with E-state index in [2.05, 4.69) is 25.6 Å². The first kappa shape index (κ1) is 22.9. The van der Waals surface area contributed by atoms with Crippen LogP contribution in [0.3, 0.4) is 0 Å². The van der Waals surface area contributed by atoms with E-state index in [1.54, 1.807) is 11.1 Å². The Morgan fingerprint density at radius 1 is 1.23 bits per heavy atom. The first-order chi connectivity index (χ1) is 14.6. The van der Waals surface area contributed by atoms with Gasteiger partial charge in [0.15, 0.2) is 0 Å². The Kier molecular flexibility index (Phi) is 7.07. The van der Waals surface area contributed by atoms with Crippen LogP contribution in [0.1, 0.15) is 37.6 Å². The Labute approximate surface area is 184 Å². The van der Waals surface area contributed by atoms with Crippen molar-refractivity contribution in [1.82, 2.24) is 25.2 Å². The van der Waals surface area contributed by atoms with Crippen LogP contribution in [0.4, 0.5) is 22.2 Å². The average molecular weight is 428 g/mol. The zero-order chi connectivity index (χ0) is 22.6. The molecule has 0 aromatic carbocycles. The maximum Gasteiger partial charge on any atom is 0.416 e. The number of fused-ring (bicyclic) bond motifs is 1. The highest BCUT2D eigenvalue weighted by atomic mass is 16.6. The van der Waals surface area contributed by atoms with Crippen LogP contribution in [0.25, 0.3) is 0 Å². The second-order valence-electron chi connectivity index (χ2n) is 9.02. The maximum atomic E-state index is 12.8. The fraction of sp³-hybridized carbons (Fsp3) is 0.545. The summed E-state index contributed by atoms with van der Waals surface area (Å²) >= 11 is 0. The molecular formula is C22H33N7O2. The van der Waals surface area contributed by atoms with Crippen molar-refractivity contribution < 1.29 is 9.53 Å². The van der Waals surface area contributed by atoms with Gasteiger partial charge in [0.05, 0.1) is 17.6 Å². The highest BCUT2D eigenvalue weighted by Crippen LogP contribution is 2.24. The summed E-state index contributed by atoms with van der Waals surface area (Å²) < 4.78 is 5.61. The number of likely N-dealkylation sites (N-methyl/N-ethyl adjacent to an activating group) is 1. The number of nitrogens with one attached hydrogen (secondary N) is 2. The third-order valence-electron chi connectivity index (χ3n) is 4.76. The molecular weight excluding hydrogens is 394 g/mol. The summed E-state index contributed by atoms with van der Waals surface area (Å²) in [4.78, 5) is 30.0. The average Bonchev–Trinajstić information content (AvgIpc) is 2.68. The fourth-order valence-corrected chi connectivity index (χ4v) is 3.24. The Hall–Kier alpha value is -2.78. The van der Waals surface area contributed by atoms with Crippen LogP contribution < -0.4 is 15.5 Å². The minimum atomic E-state index is -0.582. The van der Waals surface area contributed by atoms with Gasteiger partial charge >= 0.3 is 6.09 Å². The van der Waals surface area contributed by atoms with Crippen LogP contribution in [0.5, 0.6) is 0 Å². The number of ether oxygens (including phenoxy) is 1. The predicted octanol–water partition coefficient (Wildman–Crippen LogP) is 2.87. The molecule has 2 aromatic rings. The van der Waals surface area contributed by atoms with Crippen LogP contribution in [0.2, 0.25) is 0 Å². The standard InChI is InChI=1S/C22H33N7O2/c1-15-11-17(26-20-25-12-16-7-8-23-14-18(16)27-20)13-24-19(15)29(10-9-28(5)6)21(30)31-22(2,3)4/h11-13,23H,7-10,14H2,1-6H3,(H,25,26,27). The van der Waals surface area contributed by atoms with E-state index in [1.807, 2.05) is 59.0 Å². The summed E-state index contributed by atoms with van der Waals surface area (Å²) in [5.74, 6) is 1.12. The van der Waals surface area contributed by atoms with Crippen molar-refractivity contribution in [3.8, 4) is 0 Å². The number of carbonyl (C=O) groups is 1. The van der Waals surface area contributed by atoms with Crippen LogP contribution in [-0.2, 0) is 17.7 Å². The minimum absolute atomic E-state index is 0.406. The summed E-state index contributed by atoms with van der Waals surface area (Å²) in [5, 5.41) is 6.55. The van der Waals surface area contributed by atoms with Gasteiger partial charge in [-0.25, -0.2) is 19.7 Å². The van der Waals surface area contributed by atoms with Gasteiger partial charge in [-0.1, -0.05) is 0 Å². The third kappa shape index (κ3) is 6.35. The molecule has 9 nitrogen and oxygen atoms in total. The molecule has 0 spiro atoms. The number of anilines is 3. The van der Waals surface area contributed by atoms with Crippen molar-refractivity contribution in [3.05, 3.63) is 35.3 Å². The van der Waals surface area contributed by atoms with Crippen LogP contribution in [0, 0.1) is 6.92 Å². The Balaban J connectivity index is 1.80. The Morgan fingerprint density at radius 3 is 2.68 bits per heavy atom. The number of aryl methyl sites for hydroxylation is 1. The van der Waals surface area contributed by atoms with Crippen LogP contribution in [-0.4, -0.2) is 65.3 Å². The number of hydrogen-bond donors (Lipinski definition) is 2. The largest absolute Gasteiger partial charge is 0.443 e. The van der Waals surface area contributed by atoms with E-state index in [1.165, 1.54) is 5.56 Å². The van der Waals surface area contributed by atoms with Crippen LogP contribution >= 0.6 is 0 Å². The molecule has 0 fully saturated rings. The maximum absolute atomic E-state index is 12.8. The van der Waals surface area contributed by atoms with Gasteiger partial charge < -0.3 is 20.3 Å². The van der Waals surface area contributed by atoms with Gasteiger partial charge in [-0.3, -0.25) is 4.90 Å². The molecule has 1 amide bonds. The Bertz CT molecular complexity index is 925. The molecule has 31 heavy (non-hydrogen) atoms. The van der Waals surface area contributed by atoms with Crippen molar-refractivity contribution in [1.29, 1.82) is 0 Å². The molecule has 0 radical (unpaired) electrons. The van der Waals surface area contributed by atoms with Crippen molar-refractivity contribution >= 4 is 23.5 Å². The highest BCUT2D eigenvalue weighted by Gasteiger charge is 2.25. The molecule has 2 aromatic heterocycles. The monoisotopic (exact) mass is 427 g/mol. The van der Waals surface area contributed by atoms with Gasteiger partial charge in [-0.15, -0.1) is 0 Å². The molecule has 9 heteroatoms. The molecule has 1 aliphatic rings. The lowest BCUT2D eigenvalue weighted by atomic mass is 10.1. The number of carbonyl (C=O) groups excluding carboxylic acids is 1.